The molecule has 2 rings (SSSR count). The molecule has 0 aliphatic heterocycles. The minimum Gasteiger partial charge on any atom is -0.497 e. The lowest BCUT2D eigenvalue weighted by Crippen LogP contribution is -2.03. The Morgan fingerprint density at radius 1 is 1.21 bits per heavy atom. The highest BCUT2D eigenvalue weighted by Crippen LogP contribution is 2.22. The number of hydrogen-bond donors (Lipinski definition) is 1. The van der Waals surface area contributed by atoms with Crippen LogP contribution in [0.5, 0.6) is 17.4 Å². The van der Waals surface area contributed by atoms with Gasteiger partial charge in [-0.25, -0.2) is 9.97 Å². The molecule has 0 saturated carbocycles. The molecule has 1 aromatic carbocycles. The average molecular weight is 260 g/mol. The number of aromatic nitrogens is 2. The van der Waals surface area contributed by atoms with Gasteiger partial charge >= 0.3 is 5.97 Å². The summed E-state index contributed by atoms with van der Waals surface area (Å²) in [6.45, 7) is 0. The van der Waals surface area contributed by atoms with Gasteiger partial charge in [-0.1, -0.05) is 0 Å². The summed E-state index contributed by atoms with van der Waals surface area (Å²) in [5.74, 6) is 0.660. The Kier molecular flexibility index (Phi) is 3.92. The Bertz CT molecular complexity index is 569. The molecule has 6 nitrogen and oxygen atoms in total. The van der Waals surface area contributed by atoms with Gasteiger partial charge in [0.1, 0.15) is 17.8 Å². The summed E-state index contributed by atoms with van der Waals surface area (Å²) < 4.78 is 10.5. The standard InChI is InChI=1S/C13H12N2O4/c1-18-10-2-4-11(5-3-10)19-12-6-9(7-13(16)17)14-8-15-12/h2-6,8H,7H2,1H3,(H,16,17). The molecule has 0 unspecified atom stereocenters. The van der Waals surface area contributed by atoms with Crippen molar-refractivity contribution in [2.24, 2.45) is 0 Å². The van der Waals surface area contributed by atoms with Crippen LogP contribution < -0.4 is 9.47 Å². The molecule has 0 saturated heterocycles. The molecule has 0 atom stereocenters. The summed E-state index contributed by atoms with van der Waals surface area (Å²) in [6.07, 6.45) is 1.11. The Morgan fingerprint density at radius 3 is 2.53 bits per heavy atom. The van der Waals surface area contributed by atoms with Crippen molar-refractivity contribution in [3.05, 3.63) is 42.4 Å². The molecule has 98 valence electrons. The summed E-state index contributed by atoms with van der Waals surface area (Å²) >= 11 is 0. The molecule has 1 heterocycles. The van der Waals surface area contributed by atoms with Crippen LogP contribution in [0.1, 0.15) is 5.69 Å². The molecular weight excluding hydrogens is 248 g/mol. The SMILES string of the molecule is COc1ccc(Oc2cc(CC(=O)O)ncn2)cc1. The average Bonchev–Trinajstić information content (AvgIpc) is 2.39. The normalized spacial score (nSPS) is 9.95. The number of methoxy groups -OCH3 is 1. The van der Waals surface area contributed by atoms with Gasteiger partial charge in [-0.3, -0.25) is 4.79 Å². The molecular formula is C13H12N2O4. The van der Waals surface area contributed by atoms with E-state index < -0.39 is 5.97 Å². The van der Waals surface area contributed by atoms with E-state index in [9.17, 15) is 4.79 Å². The molecule has 1 N–H and O–H groups in total. The zero-order valence-electron chi connectivity index (χ0n) is 10.2. The summed E-state index contributed by atoms with van der Waals surface area (Å²) in [6, 6.07) is 8.48. The van der Waals surface area contributed by atoms with Crippen molar-refractivity contribution < 1.29 is 19.4 Å². The number of ether oxygens (including phenoxy) is 2. The topological polar surface area (TPSA) is 81.5 Å². The van der Waals surface area contributed by atoms with Crippen LogP contribution in [0.25, 0.3) is 0 Å². The van der Waals surface area contributed by atoms with Crippen molar-refractivity contribution in [1.29, 1.82) is 0 Å². The summed E-state index contributed by atoms with van der Waals surface area (Å²) in [4.78, 5) is 18.4. The first-order valence-corrected chi connectivity index (χ1v) is 5.52. The minimum absolute atomic E-state index is 0.165. The lowest BCUT2D eigenvalue weighted by atomic mass is 10.3. The van der Waals surface area contributed by atoms with Gasteiger partial charge in [0.25, 0.3) is 0 Å². The fourth-order valence-corrected chi connectivity index (χ4v) is 1.45. The van der Waals surface area contributed by atoms with E-state index in [2.05, 4.69) is 9.97 Å². The van der Waals surface area contributed by atoms with E-state index in [0.717, 1.165) is 5.75 Å². The molecule has 0 bridgehead atoms. The number of benzene rings is 1. The predicted molar refractivity (Wildman–Crippen MR) is 66.4 cm³/mol. The first kappa shape index (κ1) is 12.8. The van der Waals surface area contributed by atoms with Gasteiger partial charge in [-0.2, -0.15) is 0 Å². The van der Waals surface area contributed by atoms with Crippen LogP contribution in [0.2, 0.25) is 0 Å². The maximum atomic E-state index is 10.6. The quantitative estimate of drug-likeness (QED) is 0.884. The Hall–Kier alpha value is -2.63. The molecule has 0 radical (unpaired) electrons. The number of carbonyl (C=O) groups is 1. The third kappa shape index (κ3) is 3.67. The van der Waals surface area contributed by atoms with E-state index in [0.29, 0.717) is 17.3 Å². The van der Waals surface area contributed by atoms with Gasteiger partial charge in [0.15, 0.2) is 0 Å². The van der Waals surface area contributed by atoms with Crippen LogP contribution >= 0.6 is 0 Å². The lowest BCUT2D eigenvalue weighted by molar-refractivity contribution is -0.136. The van der Waals surface area contributed by atoms with E-state index in [4.69, 9.17) is 14.6 Å². The molecule has 0 fully saturated rings. The van der Waals surface area contributed by atoms with E-state index in [1.54, 1.807) is 31.4 Å². The summed E-state index contributed by atoms with van der Waals surface area (Å²) in [5, 5.41) is 8.69. The first-order valence-electron chi connectivity index (χ1n) is 5.52. The molecule has 0 spiro atoms. The van der Waals surface area contributed by atoms with Crippen LogP contribution in [-0.2, 0) is 11.2 Å². The van der Waals surface area contributed by atoms with Crippen molar-refractivity contribution in [2.45, 2.75) is 6.42 Å². The number of carboxylic acid groups (broad SMARTS) is 1. The second kappa shape index (κ2) is 5.81. The van der Waals surface area contributed by atoms with Gasteiger partial charge in [0, 0.05) is 6.07 Å². The molecule has 0 aliphatic rings. The predicted octanol–water partition coefficient (Wildman–Crippen LogP) is 1.90. The van der Waals surface area contributed by atoms with Crippen LogP contribution in [0.15, 0.2) is 36.7 Å². The monoisotopic (exact) mass is 260 g/mol. The number of hydrogen-bond acceptors (Lipinski definition) is 5. The molecule has 6 heteroatoms. The van der Waals surface area contributed by atoms with E-state index in [-0.39, 0.29) is 6.42 Å². The number of aliphatic carboxylic acids is 1. The van der Waals surface area contributed by atoms with Crippen molar-refractivity contribution >= 4 is 5.97 Å². The highest BCUT2D eigenvalue weighted by Gasteiger charge is 2.05. The minimum atomic E-state index is -0.950. The summed E-state index contributed by atoms with van der Waals surface area (Å²) in [5.41, 5.74) is 0.394. The van der Waals surface area contributed by atoms with E-state index in [1.165, 1.54) is 12.4 Å². The maximum absolute atomic E-state index is 10.6. The third-order valence-corrected chi connectivity index (χ3v) is 2.31. The molecule has 1 aromatic heterocycles. The molecule has 0 aliphatic carbocycles. The van der Waals surface area contributed by atoms with Crippen LogP contribution in [0.4, 0.5) is 0 Å². The number of rotatable bonds is 5. The Labute approximate surface area is 109 Å². The zero-order valence-corrected chi connectivity index (χ0v) is 10.2. The van der Waals surface area contributed by atoms with Gasteiger partial charge in [-0.05, 0) is 24.3 Å². The van der Waals surface area contributed by atoms with Crippen LogP contribution in [-0.4, -0.2) is 28.2 Å². The highest BCUT2D eigenvalue weighted by molar-refractivity contribution is 5.69. The lowest BCUT2D eigenvalue weighted by Gasteiger charge is -2.06. The first-order chi connectivity index (χ1) is 9.17. The number of nitrogens with zero attached hydrogens (tertiary/aromatic N) is 2. The fourth-order valence-electron chi connectivity index (χ4n) is 1.45. The van der Waals surface area contributed by atoms with Crippen molar-refractivity contribution in [3.63, 3.8) is 0 Å². The molecule has 0 amide bonds. The summed E-state index contributed by atoms with van der Waals surface area (Å²) in [7, 11) is 1.58. The van der Waals surface area contributed by atoms with Crippen LogP contribution in [0, 0.1) is 0 Å². The van der Waals surface area contributed by atoms with Gasteiger partial charge in [-0.15, -0.1) is 0 Å². The second-order valence-electron chi connectivity index (χ2n) is 3.70. The smallest absolute Gasteiger partial charge is 0.309 e. The second-order valence-corrected chi connectivity index (χ2v) is 3.70. The van der Waals surface area contributed by atoms with E-state index >= 15 is 0 Å². The molecule has 2 aromatic rings. The maximum Gasteiger partial charge on any atom is 0.309 e. The van der Waals surface area contributed by atoms with Crippen molar-refractivity contribution in [1.82, 2.24) is 9.97 Å². The molecule has 19 heavy (non-hydrogen) atoms. The van der Waals surface area contributed by atoms with Crippen molar-refractivity contribution in [3.8, 4) is 17.4 Å². The third-order valence-electron chi connectivity index (χ3n) is 2.31. The van der Waals surface area contributed by atoms with Gasteiger partial charge < -0.3 is 14.6 Å². The van der Waals surface area contributed by atoms with Gasteiger partial charge in [0.2, 0.25) is 5.88 Å². The Balaban J connectivity index is 2.11. The van der Waals surface area contributed by atoms with E-state index in [1.807, 2.05) is 0 Å². The zero-order chi connectivity index (χ0) is 13.7. The fraction of sp³-hybridized carbons (Fsp3) is 0.154. The largest absolute Gasteiger partial charge is 0.497 e. The van der Waals surface area contributed by atoms with Crippen LogP contribution in [0.3, 0.4) is 0 Å². The Morgan fingerprint density at radius 2 is 1.89 bits per heavy atom. The number of carboxylic acids is 1. The van der Waals surface area contributed by atoms with Crippen molar-refractivity contribution in [2.75, 3.05) is 7.11 Å². The van der Waals surface area contributed by atoms with Gasteiger partial charge in [0.05, 0.1) is 19.2 Å². The highest BCUT2D eigenvalue weighted by atomic mass is 16.5.